The van der Waals surface area contributed by atoms with Crippen molar-refractivity contribution >= 4 is 34.5 Å². The van der Waals surface area contributed by atoms with E-state index in [-0.39, 0.29) is 28.9 Å². The van der Waals surface area contributed by atoms with Gasteiger partial charge < -0.3 is 28.8 Å². The molecule has 1 aliphatic heterocycles. The lowest BCUT2D eigenvalue weighted by molar-refractivity contribution is -0.111. The van der Waals surface area contributed by atoms with Crippen LogP contribution in [0, 0.1) is 0 Å². The molecule has 1 aromatic heterocycles. The zero-order valence-corrected chi connectivity index (χ0v) is 18.3. The fourth-order valence-corrected chi connectivity index (χ4v) is 3.55. The Morgan fingerprint density at radius 1 is 1.12 bits per heavy atom. The topological polar surface area (TPSA) is 90.2 Å². The second-order valence-corrected chi connectivity index (χ2v) is 7.32. The fourth-order valence-electron chi connectivity index (χ4n) is 3.55. The number of nitrogens with zero attached hydrogens (tertiary/aromatic N) is 1. The number of ether oxygens (including phenoxy) is 3. The highest BCUT2D eigenvalue weighted by atomic mass is 19.3. The minimum Gasteiger partial charge on any atom is -0.493 e. The maximum Gasteiger partial charge on any atom is 0.387 e. The van der Waals surface area contributed by atoms with Crippen LogP contribution in [-0.2, 0) is 9.53 Å². The molecule has 10 heteroatoms. The van der Waals surface area contributed by atoms with E-state index in [0.717, 1.165) is 0 Å². The summed E-state index contributed by atoms with van der Waals surface area (Å²) in [5, 5.41) is 3.33. The first-order valence-corrected chi connectivity index (χ1v) is 10.5. The zero-order valence-electron chi connectivity index (χ0n) is 18.3. The molecule has 0 spiro atoms. The first kappa shape index (κ1) is 23.2. The molecule has 4 rings (SSSR count). The van der Waals surface area contributed by atoms with Crippen molar-refractivity contribution in [1.82, 2.24) is 4.90 Å². The fraction of sp³-hybridized carbons (Fsp3) is 0.250. The van der Waals surface area contributed by atoms with Crippen molar-refractivity contribution in [2.45, 2.75) is 6.61 Å². The summed E-state index contributed by atoms with van der Waals surface area (Å²) in [5.74, 6) is -0.815. The van der Waals surface area contributed by atoms with Gasteiger partial charge in [-0.2, -0.15) is 8.78 Å². The predicted molar refractivity (Wildman–Crippen MR) is 120 cm³/mol. The van der Waals surface area contributed by atoms with Gasteiger partial charge in [-0.05, 0) is 35.9 Å². The van der Waals surface area contributed by atoms with Gasteiger partial charge in [0.05, 0.1) is 20.3 Å². The number of methoxy groups -OCH3 is 1. The number of alkyl halides is 2. The van der Waals surface area contributed by atoms with Crippen LogP contribution in [0.5, 0.6) is 11.5 Å². The maximum absolute atomic E-state index is 13.1. The molecule has 1 fully saturated rings. The molecule has 2 amide bonds. The van der Waals surface area contributed by atoms with E-state index in [2.05, 4.69) is 10.1 Å². The van der Waals surface area contributed by atoms with Crippen LogP contribution in [0.25, 0.3) is 17.0 Å². The van der Waals surface area contributed by atoms with Crippen LogP contribution >= 0.6 is 0 Å². The largest absolute Gasteiger partial charge is 0.493 e. The van der Waals surface area contributed by atoms with E-state index in [9.17, 15) is 18.4 Å². The van der Waals surface area contributed by atoms with Crippen molar-refractivity contribution < 1.29 is 37.0 Å². The quantitative estimate of drug-likeness (QED) is 0.520. The van der Waals surface area contributed by atoms with Gasteiger partial charge in [0.15, 0.2) is 11.5 Å². The lowest BCUT2D eigenvalue weighted by Gasteiger charge is -2.26. The monoisotopic (exact) mass is 472 g/mol. The minimum atomic E-state index is -2.99. The second kappa shape index (κ2) is 10.3. The van der Waals surface area contributed by atoms with Crippen molar-refractivity contribution in [3.05, 3.63) is 59.9 Å². The van der Waals surface area contributed by atoms with Crippen LogP contribution in [-0.4, -0.2) is 56.7 Å². The highest BCUT2D eigenvalue weighted by Crippen LogP contribution is 2.32. The van der Waals surface area contributed by atoms with Crippen LogP contribution in [0.15, 0.2) is 53.0 Å². The Morgan fingerprint density at radius 2 is 1.88 bits per heavy atom. The third kappa shape index (κ3) is 5.18. The summed E-state index contributed by atoms with van der Waals surface area (Å²) in [6.07, 6.45) is 2.74. The number of furan rings is 1. The molecule has 2 heterocycles. The molecule has 0 bridgehead atoms. The number of halogens is 2. The number of benzene rings is 2. The summed E-state index contributed by atoms with van der Waals surface area (Å²) in [7, 11) is 1.32. The summed E-state index contributed by atoms with van der Waals surface area (Å²) in [5.41, 5.74) is 1.27. The number of morpholine rings is 1. The molecule has 0 saturated carbocycles. The van der Waals surface area contributed by atoms with Crippen molar-refractivity contribution in [2.24, 2.45) is 0 Å². The lowest BCUT2D eigenvalue weighted by Crippen LogP contribution is -2.40. The van der Waals surface area contributed by atoms with Gasteiger partial charge in [0.1, 0.15) is 11.3 Å². The van der Waals surface area contributed by atoms with Gasteiger partial charge in [-0.25, -0.2) is 0 Å². The average molecular weight is 472 g/mol. The molecule has 34 heavy (non-hydrogen) atoms. The second-order valence-electron chi connectivity index (χ2n) is 7.32. The highest BCUT2D eigenvalue weighted by molar-refractivity contribution is 6.13. The Hall–Kier alpha value is -3.92. The first-order chi connectivity index (χ1) is 16.5. The standard InChI is InChI=1S/C24H22F2N2O6/c1-31-19-14-15(6-8-18(19)34-24(25)26)7-9-20(29)27-21-16-4-2-3-5-17(16)33-22(21)23(30)28-10-12-32-13-11-28/h2-9,14,24H,10-13H2,1H3,(H,27,29)/b9-7+. The van der Waals surface area contributed by atoms with Crippen LogP contribution in [0.4, 0.5) is 14.5 Å². The summed E-state index contributed by atoms with van der Waals surface area (Å²) in [6.45, 7) is -1.27. The van der Waals surface area contributed by atoms with E-state index in [0.29, 0.717) is 42.8 Å². The lowest BCUT2D eigenvalue weighted by atomic mass is 10.1. The van der Waals surface area contributed by atoms with E-state index in [1.54, 1.807) is 29.2 Å². The predicted octanol–water partition coefficient (Wildman–Crippen LogP) is 4.17. The smallest absolute Gasteiger partial charge is 0.387 e. The molecule has 1 saturated heterocycles. The normalized spacial score (nSPS) is 14.1. The Kier molecular flexibility index (Phi) is 7.07. The Balaban J connectivity index is 1.56. The van der Waals surface area contributed by atoms with Gasteiger partial charge in [-0.3, -0.25) is 9.59 Å². The number of carbonyl (C=O) groups excluding carboxylic acids is 2. The molecule has 2 aromatic carbocycles. The van der Waals surface area contributed by atoms with Crippen molar-refractivity contribution in [3.63, 3.8) is 0 Å². The van der Waals surface area contributed by atoms with Crippen LogP contribution in [0.2, 0.25) is 0 Å². The Bertz CT molecular complexity index is 1220. The highest BCUT2D eigenvalue weighted by Gasteiger charge is 2.27. The first-order valence-electron chi connectivity index (χ1n) is 10.5. The SMILES string of the molecule is COc1cc(/C=C/C(=O)Nc2c(C(=O)N3CCOCC3)oc3ccccc23)ccc1OC(F)F. The van der Waals surface area contributed by atoms with Gasteiger partial charge in [0, 0.05) is 24.6 Å². The molecular weight excluding hydrogens is 450 g/mol. The van der Waals surface area contributed by atoms with E-state index in [1.165, 1.54) is 37.5 Å². The number of carbonyl (C=O) groups is 2. The molecule has 178 valence electrons. The van der Waals surface area contributed by atoms with Gasteiger partial charge in [-0.15, -0.1) is 0 Å². The minimum absolute atomic E-state index is 0.0417. The van der Waals surface area contributed by atoms with Crippen molar-refractivity contribution in [2.75, 3.05) is 38.7 Å². The number of amides is 2. The number of fused-ring (bicyclic) bond motifs is 1. The average Bonchev–Trinajstić information content (AvgIpc) is 3.21. The number of anilines is 1. The summed E-state index contributed by atoms with van der Waals surface area (Å²) >= 11 is 0. The molecule has 1 aliphatic rings. The third-order valence-corrected chi connectivity index (χ3v) is 5.17. The van der Waals surface area contributed by atoms with E-state index in [1.807, 2.05) is 0 Å². The molecular formula is C24H22F2N2O6. The number of rotatable bonds is 7. The third-order valence-electron chi connectivity index (χ3n) is 5.17. The van der Waals surface area contributed by atoms with Gasteiger partial charge in [0.25, 0.3) is 5.91 Å². The van der Waals surface area contributed by atoms with E-state index in [4.69, 9.17) is 13.9 Å². The van der Waals surface area contributed by atoms with E-state index >= 15 is 0 Å². The van der Waals surface area contributed by atoms with Crippen LogP contribution < -0.4 is 14.8 Å². The zero-order chi connectivity index (χ0) is 24.1. The molecule has 8 nitrogen and oxygen atoms in total. The summed E-state index contributed by atoms with van der Waals surface area (Å²) in [6, 6.07) is 11.3. The molecule has 0 aliphatic carbocycles. The van der Waals surface area contributed by atoms with Gasteiger partial charge in [0.2, 0.25) is 11.7 Å². The van der Waals surface area contributed by atoms with Crippen LogP contribution in [0.1, 0.15) is 16.1 Å². The summed E-state index contributed by atoms with van der Waals surface area (Å²) in [4.78, 5) is 27.4. The Labute approximate surface area is 193 Å². The van der Waals surface area contributed by atoms with Gasteiger partial charge >= 0.3 is 6.61 Å². The maximum atomic E-state index is 13.1. The molecule has 3 aromatic rings. The molecule has 0 unspecified atom stereocenters. The molecule has 0 radical (unpaired) electrons. The van der Waals surface area contributed by atoms with E-state index < -0.39 is 12.5 Å². The van der Waals surface area contributed by atoms with Crippen LogP contribution in [0.3, 0.4) is 0 Å². The number of nitrogens with one attached hydrogen (secondary N) is 1. The molecule has 0 atom stereocenters. The van der Waals surface area contributed by atoms with Gasteiger partial charge in [-0.1, -0.05) is 18.2 Å². The van der Waals surface area contributed by atoms with Crippen molar-refractivity contribution in [1.29, 1.82) is 0 Å². The summed E-state index contributed by atoms with van der Waals surface area (Å²) < 4.78 is 45.6. The number of hydrogen-bond acceptors (Lipinski definition) is 6. The number of hydrogen-bond donors (Lipinski definition) is 1. The molecule has 1 N–H and O–H groups in total. The number of para-hydroxylation sites is 1. The Morgan fingerprint density at radius 3 is 2.62 bits per heavy atom. The van der Waals surface area contributed by atoms with Crippen molar-refractivity contribution in [3.8, 4) is 11.5 Å².